The van der Waals surface area contributed by atoms with Gasteiger partial charge in [-0.3, -0.25) is 14.9 Å². The number of hydrogen-bond donors (Lipinski definition) is 1. The van der Waals surface area contributed by atoms with Crippen LogP contribution in [-0.2, 0) is 6.54 Å². The molecule has 1 saturated heterocycles. The Balaban J connectivity index is 1.89. The Morgan fingerprint density at radius 1 is 1.47 bits per heavy atom. The quantitative estimate of drug-likeness (QED) is 0.789. The highest BCUT2D eigenvalue weighted by molar-refractivity contribution is 4.94. The molecule has 1 atom stereocenters. The third-order valence-corrected chi connectivity index (χ3v) is 2.94. The van der Waals surface area contributed by atoms with E-state index in [4.69, 9.17) is 5.73 Å². The van der Waals surface area contributed by atoms with Crippen molar-refractivity contribution in [2.45, 2.75) is 19.4 Å². The Hall–Kier alpha value is -1.00. The van der Waals surface area contributed by atoms with Crippen LogP contribution in [0.3, 0.4) is 0 Å². The molecule has 0 spiro atoms. The summed E-state index contributed by atoms with van der Waals surface area (Å²) in [6.07, 6.45) is 7.82. The molecule has 1 aromatic rings. The van der Waals surface area contributed by atoms with Crippen LogP contribution in [0, 0.1) is 5.92 Å². The van der Waals surface area contributed by atoms with Crippen molar-refractivity contribution in [3.8, 4) is 0 Å². The standard InChI is InChI=1S/C11H18N4/c12-6-10-2-1-5-15(8-10)9-11-7-13-3-4-14-11/h3-4,7,10H,1-2,5-6,8-9,12H2. The Bertz CT molecular complexity index is 288. The molecular weight excluding hydrogens is 188 g/mol. The highest BCUT2D eigenvalue weighted by Gasteiger charge is 2.18. The summed E-state index contributed by atoms with van der Waals surface area (Å²) in [4.78, 5) is 10.8. The van der Waals surface area contributed by atoms with Gasteiger partial charge in [0, 0.05) is 31.7 Å². The molecule has 1 aliphatic rings. The van der Waals surface area contributed by atoms with Crippen molar-refractivity contribution in [1.82, 2.24) is 14.9 Å². The van der Waals surface area contributed by atoms with Crippen LogP contribution >= 0.6 is 0 Å². The first-order valence-corrected chi connectivity index (χ1v) is 5.56. The summed E-state index contributed by atoms with van der Waals surface area (Å²) in [6, 6.07) is 0. The normalized spacial score (nSPS) is 22.9. The topological polar surface area (TPSA) is 55.0 Å². The van der Waals surface area contributed by atoms with Gasteiger partial charge in [-0.05, 0) is 31.8 Å². The molecule has 82 valence electrons. The van der Waals surface area contributed by atoms with Crippen LogP contribution in [0.25, 0.3) is 0 Å². The molecule has 2 N–H and O–H groups in total. The van der Waals surface area contributed by atoms with Crippen LogP contribution in [0.1, 0.15) is 18.5 Å². The van der Waals surface area contributed by atoms with Gasteiger partial charge in [0.2, 0.25) is 0 Å². The van der Waals surface area contributed by atoms with E-state index in [0.29, 0.717) is 5.92 Å². The molecule has 0 aromatic carbocycles. The molecule has 1 unspecified atom stereocenters. The van der Waals surface area contributed by atoms with Crippen LogP contribution < -0.4 is 5.73 Å². The summed E-state index contributed by atoms with van der Waals surface area (Å²) in [6.45, 7) is 3.97. The van der Waals surface area contributed by atoms with Crippen LogP contribution in [0.5, 0.6) is 0 Å². The number of hydrogen-bond acceptors (Lipinski definition) is 4. The van der Waals surface area contributed by atoms with Crippen LogP contribution in [0.4, 0.5) is 0 Å². The van der Waals surface area contributed by atoms with Crippen molar-refractivity contribution >= 4 is 0 Å². The van der Waals surface area contributed by atoms with Gasteiger partial charge in [0.1, 0.15) is 0 Å². The molecule has 15 heavy (non-hydrogen) atoms. The lowest BCUT2D eigenvalue weighted by molar-refractivity contribution is 0.169. The fraction of sp³-hybridized carbons (Fsp3) is 0.636. The summed E-state index contributed by atoms with van der Waals surface area (Å²) < 4.78 is 0. The molecule has 2 rings (SSSR count). The van der Waals surface area contributed by atoms with E-state index in [2.05, 4.69) is 14.9 Å². The van der Waals surface area contributed by atoms with E-state index in [1.165, 1.54) is 12.8 Å². The number of likely N-dealkylation sites (tertiary alicyclic amines) is 1. The first-order chi connectivity index (χ1) is 7.38. The number of nitrogens with zero attached hydrogens (tertiary/aromatic N) is 3. The predicted octanol–water partition coefficient (Wildman–Crippen LogP) is 0.647. The van der Waals surface area contributed by atoms with E-state index in [9.17, 15) is 0 Å². The fourth-order valence-corrected chi connectivity index (χ4v) is 2.13. The average Bonchev–Trinajstić information content (AvgIpc) is 2.31. The van der Waals surface area contributed by atoms with Crippen molar-refractivity contribution in [2.24, 2.45) is 11.7 Å². The maximum absolute atomic E-state index is 5.70. The van der Waals surface area contributed by atoms with Crippen molar-refractivity contribution in [3.63, 3.8) is 0 Å². The fourth-order valence-electron chi connectivity index (χ4n) is 2.13. The van der Waals surface area contributed by atoms with E-state index < -0.39 is 0 Å². The average molecular weight is 206 g/mol. The van der Waals surface area contributed by atoms with Gasteiger partial charge in [-0.1, -0.05) is 0 Å². The minimum absolute atomic E-state index is 0.662. The minimum Gasteiger partial charge on any atom is -0.330 e. The highest BCUT2D eigenvalue weighted by atomic mass is 15.1. The molecule has 0 bridgehead atoms. The van der Waals surface area contributed by atoms with Gasteiger partial charge in [0.05, 0.1) is 5.69 Å². The lowest BCUT2D eigenvalue weighted by atomic mass is 9.98. The highest BCUT2D eigenvalue weighted by Crippen LogP contribution is 2.16. The Labute approximate surface area is 90.5 Å². The number of piperidine rings is 1. The Kier molecular flexibility index (Phi) is 3.64. The smallest absolute Gasteiger partial charge is 0.0726 e. The molecule has 1 aromatic heterocycles. The summed E-state index contributed by atoms with van der Waals surface area (Å²) >= 11 is 0. The molecule has 0 aliphatic carbocycles. The van der Waals surface area contributed by atoms with E-state index in [1.807, 2.05) is 6.20 Å². The maximum Gasteiger partial charge on any atom is 0.0726 e. The summed E-state index contributed by atoms with van der Waals surface area (Å²) in [5.41, 5.74) is 6.76. The zero-order valence-corrected chi connectivity index (χ0v) is 8.97. The van der Waals surface area contributed by atoms with Gasteiger partial charge >= 0.3 is 0 Å². The largest absolute Gasteiger partial charge is 0.330 e. The van der Waals surface area contributed by atoms with Gasteiger partial charge < -0.3 is 5.73 Å². The van der Waals surface area contributed by atoms with Gasteiger partial charge in [-0.15, -0.1) is 0 Å². The second kappa shape index (κ2) is 5.19. The Morgan fingerprint density at radius 3 is 3.13 bits per heavy atom. The first-order valence-electron chi connectivity index (χ1n) is 5.56. The monoisotopic (exact) mass is 206 g/mol. The molecule has 0 amide bonds. The SMILES string of the molecule is NCC1CCCN(Cc2cnccn2)C1. The van der Waals surface area contributed by atoms with Gasteiger partial charge in [-0.2, -0.15) is 0 Å². The lowest BCUT2D eigenvalue weighted by Crippen LogP contribution is -2.38. The van der Waals surface area contributed by atoms with Gasteiger partial charge in [0.15, 0.2) is 0 Å². The van der Waals surface area contributed by atoms with E-state index in [0.717, 1.165) is 31.9 Å². The first kappa shape index (κ1) is 10.5. The summed E-state index contributed by atoms with van der Waals surface area (Å²) in [5, 5.41) is 0. The molecule has 2 heterocycles. The van der Waals surface area contributed by atoms with Gasteiger partial charge in [-0.25, -0.2) is 0 Å². The maximum atomic E-state index is 5.70. The molecule has 4 heteroatoms. The minimum atomic E-state index is 0.662. The van der Waals surface area contributed by atoms with Gasteiger partial charge in [0.25, 0.3) is 0 Å². The third-order valence-electron chi connectivity index (χ3n) is 2.94. The summed E-state index contributed by atoms with van der Waals surface area (Å²) in [7, 11) is 0. The molecule has 0 radical (unpaired) electrons. The second-order valence-corrected chi connectivity index (χ2v) is 4.18. The number of aromatic nitrogens is 2. The van der Waals surface area contributed by atoms with Crippen LogP contribution in [-0.4, -0.2) is 34.5 Å². The van der Waals surface area contributed by atoms with E-state index in [-0.39, 0.29) is 0 Å². The van der Waals surface area contributed by atoms with Crippen molar-refractivity contribution in [3.05, 3.63) is 24.3 Å². The Morgan fingerprint density at radius 2 is 2.40 bits per heavy atom. The van der Waals surface area contributed by atoms with Crippen molar-refractivity contribution in [1.29, 1.82) is 0 Å². The second-order valence-electron chi connectivity index (χ2n) is 4.18. The van der Waals surface area contributed by atoms with Crippen LogP contribution in [0.2, 0.25) is 0 Å². The number of nitrogens with two attached hydrogens (primary N) is 1. The molecule has 4 nitrogen and oxygen atoms in total. The molecule has 1 fully saturated rings. The van der Waals surface area contributed by atoms with E-state index in [1.54, 1.807) is 12.4 Å². The zero-order chi connectivity index (χ0) is 10.5. The van der Waals surface area contributed by atoms with Crippen LogP contribution in [0.15, 0.2) is 18.6 Å². The van der Waals surface area contributed by atoms with Crippen molar-refractivity contribution < 1.29 is 0 Å². The molecule has 0 saturated carbocycles. The predicted molar refractivity (Wildman–Crippen MR) is 59.1 cm³/mol. The third kappa shape index (κ3) is 2.97. The van der Waals surface area contributed by atoms with E-state index >= 15 is 0 Å². The molecular formula is C11H18N4. The lowest BCUT2D eigenvalue weighted by Gasteiger charge is -2.31. The molecule has 1 aliphatic heterocycles. The zero-order valence-electron chi connectivity index (χ0n) is 8.97. The number of rotatable bonds is 3. The summed E-state index contributed by atoms with van der Waals surface area (Å²) in [5.74, 6) is 0.662. The van der Waals surface area contributed by atoms with Crippen molar-refractivity contribution in [2.75, 3.05) is 19.6 Å².